The van der Waals surface area contributed by atoms with Crippen molar-refractivity contribution in [2.45, 2.75) is 45.6 Å². The van der Waals surface area contributed by atoms with Crippen molar-refractivity contribution >= 4 is 21.4 Å². The molecular weight excluding hydrogens is 270 g/mol. The standard InChI is InChI=1S/C12H21NO3S2/c1-9-11(7-10(8-14)17-9)18(15,16)13-6-5-12(2,3)4/h7,13-14H,5-6,8H2,1-4H3. The van der Waals surface area contributed by atoms with Crippen LogP contribution in [0.15, 0.2) is 11.0 Å². The molecule has 0 aliphatic heterocycles. The zero-order valence-electron chi connectivity index (χ0n) is 11.3. The number of aliphatic hydroxyl groups excluding tert-OH is 1. The number of hydrogen-bond donors (Lipinski definition) is 2. The van der Waals surface area contributed by atoms with E-state index < -0.39 is 10.0 Å². The largest absolute Gasteiger partial charge is 0.391 e. The lowest BCUT2D eigenvalue weighted by Crippen LogP contribution is -2.27. The number of aliphatic hydroxyl groups is 1. The normalized spacial score (nSPS) is 12.9. The van der Waals surface area contributed by atoms with Crippen molar-refractivity contribution in [1.29, 1.82) is 0 Å². The van der Waals surface area contributed by atoms with Gasteiger partial charge in [-0.2, -0.15) is 0 Å². The molecule has 104 valence electrons. The molecule has 0 fully saturated rings. The molecule has 1 aromatic heterocycles. The van der Waals surface area contributed by atoms with Gasteiger partial charge in [-0.3, -0.25) is 0 Å². The highest BCUT2D eigenvalue weighted by atomic mass is 32.2. The molecule has 6 heteroatoms. The lowest BCUT2D eigenvalue weighted by atomic mass is 9.93. The van der Waals surface area contributed by atoms with Crippen LogP contribution in [0.25, 0.3) is 0 Å². The highest BCUT2D eigenvalue weighted by Gasteiger charge is 2.20. The Morgan fingerprint density at radius 3 is 2.44 bits per heavy atom. The Balaban J connectivity index is 2.77. The monoisotopic (exact) mass is 291 g/mol. The molecule has 0 saturated carbocycles. The predicted molar refractivity (Wildman–Crippen MR) is 74.2 cm³/mol. The third kappa shape index (κ3) is 4.35. The molecule has 0 atom stereocenters. The van der Waals surface area contributed by atoms with E-state index in [0.29, 0.717) is 16.3 Å². The summed E-state index contributed by atoms with van der Waals surface area (Å²) < 4.78 is 26.8. The SMILES string of the molecule is Cc1sc(CO)cc1S(=O)(=O)NCCC(C)(C)C. The molecule has 2 N–H and O–H groups in total. The lowest BCUT2D eigenvalue weighted by molar-refractivity contribution is 0.285. The molecule has 0 amide bonds. The van der Waals surface area contributed by atoms with Crippen molar-refractivity contribution in [3.8, 4) is 0 Å². The first-order valence-electron chi connectivity index (χ1n) is 5.85. The molecule has 0 bridgehead atoms. The van der Waals surface area contributed by atoms with Gasteiger partial charge in [-0.15, -0.1) is 11.3 Å². The van der Waals surface area contributed by atoms with Crippen LogP contribution in [-0.2, 0) is 16.6 Å². The van der Waals surface area contributed by atoms with Gasteiger partial charge in [0.1, 0.15) is 0 Å². The Morgan fingerprint density at radius 2 is 2.00 bits per heavy atom. The fourth-order valence-corrected chi connectivity index (χ4v) is 4.03. The summed E-state index contributed by atoms with van der Waals surface area (Å²) in [5, 5.41) is 9.02. The summed E-state index contributed by atoms with van der Waals surface area (Å²) >= 11 is 1.31. The van der Waals surface area contributed by atoms with Gasteiger partial charge in [0.15, 0.2) is 0 Å². The minimum atomic E-state index is -3.45. The average Bonchev–Trinajstić information content (AvgIpc) is 2.58. The van der Waals surface area contributed by atoms with Crippen LogP contribution in [0.5, 0.6) is 0 Å². The molecular formula is C12H21NO3S2. The van der Waals surface area contributed by atoms with Gasteiger partial charge in [-0.1, -0.05) is 20.8 Å². The van der Waals surface area contributed by atoms with E-state index in [-0.39, 0.29) is 16.9 Å². The van der Waals surface area contributed by atoms with E-state index in [1.165, 1.54) is 11.3 Å². The lowest BCUT2D eigenvalue weighted by Gasteiger charge is -2.18. The van der Waals surface area contributed by atoms with Crippen molar-refractivity contribution in [3.05, 3.63) is 15.8 Å². The van der Waals surface area contributed by atoms with Gasteiger partial charge in [-0.25, -0.2) is 13.1 Å². The van der Waals surface area contributed by atoms with E-state index in [4.69, 9.17) is 5.11 Å². The van der Waals surface area contributed by atoms with E-state index in [1.54, 1.807) is 13.0 Å². The molecule has 1 rings (SSSR count). The summed E-state index contributed by atoms with van der Waals surface area (Å²) in [7, 11) is -3.45. The van der Waals surface area contributed by atoms with Crippen LogP contribution in [0.4, 0.5) is 0 Å². The van der Waals surface area contributed by atoms with Crippen molar-refractivity contribution in [2.75, 3.05) is 6.54 Å². The van der Waals surface area contributed by atoms with Crippen LogP contribution in [0, 0.1) is 12.3 Å². The molecule has 0 unspecified atom stereocenters. The van der Waals surface area contributed by atoms with Gasteiger partial charge >= 0.3 is 0 Å². The molecule has 1 aromatic rings. The topological polar surface area (TPSA) is 66.4 Å². The Labute approximate surface area is 113 Å². The molecule has 0 spiro atoms. The van der Waals surface area contributed by atoms with Gasteiger partial charge in [0, 0.05) is 16.3 Å². The summed E-state index contributed by atoms with van der Waals surface area (Å²) in [5.74, 6) is 0. The Hall–Kier alpha value is -0.430. The second-order valence-electron chi connectivity index (χ2n) is 5.50. The number of hydrogen-bond acceptors (Lipinski definition) is 4. The van der Waals surface area contributed by atoms with E-state index >= 15 is 0 Å². The molecule has 0 aliphatic carbocycles. The van der Waals surface area contributed by atoms with E-state index in [9.17, 15) is 8.42 Å². The van der Waals surface area contributed by atoms with Gasteiger partial charge < -0.3 is 5.11 Å². The summed E-state index contributed by atoms with van der Waals surface area (Å²) in [6, 6.07) is 1.54. The Bertz CT molecular complexity index is 498. The molecule has 0 aromatic carbocycles. The van der Waals surface area contributed by atoms with Crippen molar-refractivity contribution < 1.29 is 13.5 Å². The van der Waals surface area contributed by atoms with Crippen LogP contribution in [-0.4, -0.2) is 20.1 Å². The first-order valence-corrected chi connectivity index (χ1v) is 8.15. The average molecular weight is 291 g/mol. The summed E-state index contributed by atoms with van der Waals surface area (Å²) in [5.41, 5.74) is 0.0997. The minimum Gasteiger partial charge on any atom is -0.391 e. The third-order valence-corrected chi connectivity index (χ3v) is 5.29. The minimum absolute atomic E-state index is 0.0997. The van der Waals surface area contributed by atoms with Crippen LogP contribution in [0.3, 0.4) is 0 Å². The quantitative estimate of drug-likeness (QED) is 0.874. The zero-order valence-corrected chi connectivity index (χ0v) is 12.9. The Morgan fingerprint density at radius 1 is 1.39 bits per heavy atom. The highest BCUT2D eigenvalue weighted by molar-refractivity contribution is 7.89. The smallest absolute Gasteiger partial charge is 0.241 e. The summed E-state index contributed by atoms with van der Waals surface area (Å²) in [4.78, 5) is 1.66. The maximum absolute atomic E-state index is 12.1. The van der Waals surface area contributed by atoms with Crippen molar-refractivity contribution in [3.63, 3.8) is 0 Å². The summed E-state index contributed by atoms with van der Waals surface area (Å²) in [6.07, 6.45) is 0.780. The number of rotatable bonds is 5. The highest BCUT2D eigenvalue weighted by Crippen LogP contribution is 2.26. The molecule has 0 aliphatic rings. The van der Waals surface area contributed by atoms with Crippen LogP contribution in [0.2, 0.25) is 0 Å². The zero-order chi connectivity index (χ0) is 14.0. The molecule has 4 nitrogen and oxygen atoms in total. The van der Waals surface area contributed by atoms with Crippen LogP contribution < -0.4 is 4.72 Å². The molecule has 0 radical (unpaired) electrons. The first kappa shape index (κ1) is 15.6. The predicted octanol–water partition coefficient (Wildman–Crippen LogP) is 2.26. The molecule has 1 heterocycles. The van der Waals surface area contributed by atoms with Gasteiger partial charge in [0.2, 0.25) is 10.0 Å². The second kappa shape index (κ2) is 5.69. The number of nitrogens with one attached hydrogen (secondary N) is 1. The van der Waals surface area contributed by atoms with E-state index in [1.807, 2.05) is 0 Å². The van der Waals surface area contributed by atoms with Crippen LogP contribution in [0.1, 0.15) is 36.9 Å². The first-order chi connectivity index (χ1) is 8.15. The van der Waals surface area contributed by atoms with Crippen molar-refractivity contribution in [2.24, 2.45) is 5.41 Å². The molecule has 0 saturated heterocycles. The number of thiophene rings is 1. The number of sulfonamides is 1. The van der Waals surface area contributed by atoms with E-state index in [2.05, 4.69) is 25.5 Å². The van der Waals surface area contributed by atoms with E-state index in [0.717, 1.165) is 6.42 Å². The maximum Gasteiger partial charge on any atom is 0.241 e. The fourth-order valence-electron chi connectivity index (χ4n) is 1.51. The fraction of sp³-hybridized carbons (Fsp3) is 0.667. The van der Waals surface area contributed by atoms with Crippen LogP contribution >= 0.6 is 11.3 Å². The molecule has 18 heavy (non-hydrogen) atoms. The van der Waals surface area contributed by atoms with Crippen molar-refractivity contribution in [1.82, 2.24) is 4.72 Å². The number of aryl methyl sites for hydroxylation is 1. The van der Waals surface area contributed by atoms with Gasteiger partial charge in [0.25, 0.3) is 0 Å². The van der Waals surface area contributed by atoms with Gasteiger partial charge in [-0.05, 0) is 24.8 Å². The second-order valence-corrected chi connectivity index (χ2v) is 8.58. The Kier molecular flexibility index (Phi) is 4.94. The summed E-state index contributed by atoms with van der Waals surface area (Å²) in [6.45, 7) is 8.27. The van der Waals surface area contributed by atoms with Gasteiger partial charge in [0.05, 0.1) is 11.5 Å². The maximum atomic E-state index is 12.1. The third-order valence-electron chi connectivity index (χ3n) is 2.54.